The molecule has 1 N–H and O–H groups in total. The molecule has 3 heterocycles. The molecule has 7 heteroatoms. The van der Waals surface area contributed by atoms with Crippen LogP contribution in [0.1, 0.15) is 59.3 Å². The molecule has 32 heavy (non-hydrogen) atoms. The Morgan fingerprint density at radius 3 is 2.56 bits per heavy atom. The van der Waals surface area contributed by atoms with Gasteiger partial charge in [0.15, 0.2) is 5.76 Å². The number of aryl methyl sites for hydroxylation is 1. The lowest BCUT2D eigenvalue weighted by Gasteiger charge is -2.35. The third-order valence-electron chi connectivity index (χ3n) is 6.29. The van der Waals surface area contributed by atoms with Gasteiger partial charge in [-0.3, -0.25) is 9.59 Å². The van der Waals surface area contributed by atoms with Crippen molar-refractivity contribution < 1.29 is 19.1 Å². The van der Waals surface area contributed by atoms with Gasteiger partial charge in [0.2, 0.25) is 5.78 Å². The van der Waals surface area contributed by atoms with E-state index in [2.05, 4.69) is 4.98 Å². The maximum absolute atomic E-state index is 13.7. The topological polar surface area (TPSA) is 83.6 Å². The first kappa shape index (κ1) is 20.7. The zero-order valence-electron chi connectivity index (χ0n) is 17.8. The van der Waals surface area contributed by atoms with Crippen LogP contribution < -0.4 is 0 Å². The van der Waals surface area contributed by atoms with Crippen molar-refractivity contribution in [2.45, 2.75) is 51.1 Å². The van der Waals surface area contributed by atoms with Crippen LogP contribution in [0.15, 0.2) is 64.5 Å². The normalized spacial score (nSPS) is 19.7. The number of carbonyl (C=O) groups excluding carboxylic acids is 2. The molecule has 1 fully saturated rings. The van der Waals surface area contributed by atoms with Gasteiger partial charge in [-0.2, -0.15) is 0 Å². The van der Waals surface area contributed by atoms with Gasteiger partial charge < -0.3 is 14.4 Å². The number of furan rings is 1. The summed E-state index contributed by atoms with van der Waals surface area (Å²) in [6, 6.07) is 12.4. The summed E-state index contributed by atoms with van der Waals surface area (Å²) < 4.78 is 5.65. The molecule has 1 aliphatic heterocycles. The molecule has 1 saturated carbocycles. The van der Waals surface area contributed by atoms with E-state index in [0.717, 1.165) is 42.7 Å². The number of ketones is 1. The smallest absolute Gasteiger partial charge is 0.290 e. The minimum Gasteiger partial charge on any atom is -0.503 e. The van der Waals surface area contributed by atoms with E-state index in [1.807, 2.05) is 30.3 Å². The molecule has 1 unspecified atom stereocenters. The average Bonchev–Trinajstić information content (AvgIpc) is 3.54. The van der Waals surface area contributed by atoms with Crippen molar-refractivity contribution in [3.05, 3.63) is 76.4 Å². The van der Waals surface area contributed by atoms with Crippen LogP contribution in [0.25, 0.3) is 10.6 Å². The van der Waals surface area contributed by atoms with E-state index in [-0.39, 0.29) is 17.4 Å². The summed E-state index contributed by atoms with van der Waals surface area (Å²) in [6.45, 7) is 1.78. The lowest BCUT2D eigenvalue weighted by atomic mass is 9.92. The first-order valence-electron chi connectivity index (χ1n) is 10.9. The largest absolute Gasteiger partial charge is 0.503 e. The second-order valence-electron chi connectivity index (χ2n) is 8.31. The number of benzene rings is 1. The van der Waals surface area contributed by atoms with E-state index in [1.54, 1.807) is 24.0 Å². The summed E-state index contributed by atoms with van der Waals surface area (Å²) in [5, 5.41) is 11.6. The molecule has 6 nitrogen and oxygen atoms in total. The maximum atomic E-state index is 13.7. The molecule has 0 radical (unpaired) electrons. The Kier molecular flexibility index (Phi) is 5.43. The molecule has 1 aromatic carbocycles. The van der Waals surface area contributed by atoms with Gasteiger partial charge in [0, 0.05) is 11.6 Å². The molecule has 0 bridgehead atoms. The van der Waals surface area contributed by atoms with E-state index in [0.29, 0.717) is 16.3 Å². The molecule has 3 aromatic rings. The highest BCUT2D eigenvalue weighted by atomic mass is 32.1. The molecule has 2 aliphatic rings. The molecule has 164 valence electrons. The zero-order chi connectivity index (χ0) is 22.2. The SMILES string of the molecule is Cc1nc(-c2ccccc2)sc1C(=O)C1=C(O)C(=O)N(C2CCCCC2)C1c1ccco1. The van der Waals surface area contributed by atoms with E-state index >= 15 is 0 Å². The van der Waals surface area contributed by atoms with Crippen molar-refractivity contribution in [3.63, 3.8) is 0 Å². The minimum atomic E-state index is -0.727. The quantitative estimate of drug-likeness (QED) is 0.512. The van der Waals surface area contributed by atoms with Crippen molar-refractivity contribution in [1.82, 2.24) is 9.88 Å². The third-order valence-corrected chi connectivity index (χ3v) is 7.50. The van der Waals surface area contributed by atoms with Gasteiger partial charge in [0.25, 0.3) is 5.91 Å². The second-order valence-corrected chi connectivity index (χ2v) is 9.31. The van der Waals surface area contributed by atoms with Crippen LogP contribution in [0, 0.1) is 6.92 Å². The Hall–Kier alpha value is -3.19. The van der Waals surface area contributed by atoms with Crippen molar-refractivity contribution >= 4 is 23.0 Å². The highest BCUT2D eigenvalue weighted by Gasteiger charge is 2.48. The minimum absolute atomic E-state index is 0.0266. The van der Waals surface area contributed by atoms with E-state index in [4.69, 9.17) is 4.42 Å². The first-order valence-corrected chi connectivity index (χ1v) is 11.7. The summed E-state index contributed by atoms with van der Waals surface area (Å²) in [5.41, 5.74) is 1.59. The number of rotatable bonds is 5. The lowest BCUT2D eigenvalue weighted by Crippen LogP contribution is -2.41. The number of nitrogens with zero attached hydrogens (tertiary/aromatic N) is 2. The number of hydrogen-bond donors (Lipinski definition) is 1. The molecule has 2 aromatic heterocycles. The number of carbonyl (C=O) groups is 2. The number of amides is 1. The fourth-order valence-corrected chi connectivity index (χ4v) is 5.78. The molecule has 0 saturated heterocycles. The zero-order valence-corrected chi connectivity index (χ0v) is 18.6. The maximum Gasteiger partial charge on any atom is 0.290 e. The predicted octanol–water partition coefficient (Wildman–Crippen LogP) is 5.62. The summed E-state index contributed by atoms with van der Waals surface area (Å²) in [7, 11) is 0. The number of Topliss-reactive ketones (excluding diaryl/α,β-unsaturated/α-hetero) is 1. The molecule has 1 atom stereocenters. The number of aliphatic hydroxyl groups excluding tert-OH is 1. The number of thiazole rings is 1. The van der Waals surface area contributed by atoms with Gasteiger partial charge in [-0.25, -0.2) is 4.98 Å². The van der Waals surface area contributed by atoms with Gasteiger partial charge in [-0.15, -0.1) is 11.3 Å². The van der Waals surface area contributed by atoms with Crippen LogP contribution in [0.3, 0.4) is 0 Å². The number of aliphatic hydroxyl groups is 1. The first-order chi connectivity index (χ1) is 15.6. The summed E-state index contributed by atoms with van der Waals surface area (Å²) >= 11 is 1.28. The number of hydrogen-bond acceptors (Lipinski definition) is 6. The van der Waals surface area contributed by atoms with Crippen LogP contribution >= 0.6 is 11.3 Å². The Morgan fingerprint density at radius 2 is 1.88 bits per heavy atom. The third kappa shape index (κ3) is 3.46. The molecule has 5 rings (SSSR count). The van der Waals surface area contributed by atoms with Gasteiger partial charge in [-0.1, -0.05) is 49.6 Å². The predicted molar refractivity (Wildman–Crippen MR) is 121 cm³/mol. The molecular weight excluding hydrogens is 424 g/mol. The molecule has 1 amide bonds. The Bertz CT molecular complexity index is 1170. The molecule has 0 spiro atoms. The van der Waals surface area contributed by atoms with Crippen molar-refractivity contribution in [3.8, 4) is 10.6 Å². The number of aromatic nitrogens is 1. The van der Waals surface area contributed by atoms with Crippen LogP contribution in [0.2, 0.25) is 0 Å². The van der Waals surface area contributed by atoms with Crippen molar-refractivity contribution in [2.75, 3.05) is 0 Å². The van der Waals surface area contributed by atoms with E-state index in [9.17, 15) is 14.7 Å². The summed E-state index contributed by atoms with van der Waals surface area (Å²) in [5.74, 6) is -0.849. The summed E-state index contributed by atoms with van der Waals surface area (Å²) in [4.78, 5) is 33.6. The second kappa shape index (κ2) is 8.39. The van der Waals surface area contributed by atoms with Crippen LogP contribution in [-0.2, 0) is 4.79 Å². The van der Waals surface area contributed by atoms with Gasteiger partial charge in [0.1, 0.15) is 16.8 Å². The fraction of sp³-hybridized carbons (Fsp3) is 0.320. The van der Waals surface area contributed by atoms with E-state index in [1.165, 1.54) is 17.6 Å². The molecule has 1 aliphatic carbocycles. The van der Waals surface area contributed by atoms with Gasteiger partial charge >= 0.3 is 0 Å². The van der Waals surface area contributed by atoms with Crippen LogP contribution in [0.5, 0.6) is 0 Å². The molecular formula is C25H24N2O4S. The van der Waals surface area contributed by atoms with Crippen LogP contribution in [0.4, 0.5) is 0 Å². The summed E-state index contributed by atoms with van der Waals surface area (Å²) in [6.07, 6.45) is 6.43. The highest BCUT2D eigenvalue weighted by Crippen LogP contribution is 2.44. The monoisotopic (exact) mass is 448 g/mol. The average molecular weight is 449 g/mol. The van der Waals surface area contributed by atoms with Crippen molar-refractivity contribution in [2.24, 2.45) is 0 Å². The van der Waals surface area contributed by atoms with E-state index < -0.39 is 17.7 Å². The standard InChI is InChI=1S/C25H24N2O4S/c1-15-23(32-24(26-15)16-9-4-2-5-10-16)21(28)19-20(18-13-8-14-31-18)27(25(30)22(19)29)17-11-6-3-7-12-17/h2,4-5,8-10,13-14,17,20,29H,3,6-7,11-12H2,1H3. The van der Waals surface area contributed by atoms with Crippen molar-refractivity contribution in [1.29, 1.82) is 0 Å². The Balaban J connectivity index is 1.56. The Morgan fingerprint density at radius 1 is 1.12 bits per heavy atom. The lowest BCUT2D eigenvalue weighted by molar-refractivity contribution is -0.132. The van der Waals surface area contributed by atoms with Gasteiger partial charge in [-0.05, 0) is 31.9 Å². The fourth-order valence-electron chi connectivity index (χ4n) is 4.75. The van der Waals surface area contributed by atoms with Crippen LogP contribution in [-0.4, -0.2) is 32.7 Å². The van der Waals surface area contributed by atoms with Gasteiger partial charge in [0.05, 0.1) is 22.4 Å². The Labute approximate surface area is 190 Å². The highest BCUT2D eigenvalue weighted by molar-refractivity contribution is 7.17.